The van der Waals surface area contributed by atoms with Crippen molar-refractivity contribution in [2.75, 3.05) is 6.54 Å². The van der Waals surface area contributed by atoms with Crippen LogP contribution in [-0.2, 0) is 13.1 Å². The summed E-state index contributed by atoms with van der Waals surface area (Å²) in [6.07, 6.45) is -3.17. The Labute approximate surface area is 160 Å². The van der Waals surface area contributed by atoms with Crippen LogP contribution in [0.5, 0.6) is 5.75 Å². The third-order valence-electron chi connectivity index (χ3n) is 2.96. The van der Waals surface area contributed by atoms with E-state index < -0.39 is 6.36 Å². The Hall–Kier alpha value is -1.91. The number of hydrogen-bond donors (Lipinski definition) is 2. The van der Waals surface area contributed by atoms with E-state index in [0.29, 0.717) is 24.6 Å². The van der Waals surface area contributed by atoms with Crippen molar-refractivity contribution in [3.63, 3.8) is 0 Å². The summed E-state index contributed by atoms with van der Waals surface area (Å²) < 4.78 is 46.5. The van der Waals surface area contributed by atoms with Crippen LogP contribution < -0.4 is 15.4 Å². The highest BCUT2D eigenvalue weighted by Crippen LogP contribution is 2.26. The Balaban J connectivity index is 0.00000312. The summed E-state index contributed by atoms with van der Waals surface area (Å²) >= 11 is 0. The van der Waals surface area contributed by atoms with E-state index in [1.54, 1.807) is 24.5 Å². The molecule has 1 heterocycles. The van der Waals surface area contributed by atoms with E-state index in [1.807, 2.05) is 13.0 Å². The second-order valence-corrected chi connectivity index (χ2v) is 4.78. The minimum absolute atomic E-state index is 0. The van der Waals surface area contributed by atoms with Gasteiger partial charge in [0.1, 0.15) is 11.5 Å². The minimum Gasteiger partial charge on any atom is -0.467 e. The first kappa shape index (κ1) is 21.1. The molecule has 0 saturated carbocycles. The highest BCUT2D eigenvalue weighted by atomic mass is 127. The zero-order valence-electron chi connectivity index (χ0n) is 13.5. The quantitative estimate of drug-likeness (QED) is 0.381. The van der Waals surface area contributed by atoms with Crippen LogP contribution >= 0.6 is 24.0 Å². The van der Waals surface area contributed by atoms with Crippen LogP contribution in [0.4, 0.5) is 13.2 Å². The third kappa shape index (κ3) is 7.67. The molecule has 9 heteroatoms. The number of alkyl halides is 3. The molecule has 2 N–H and O–H groups in total. The molecule has 0 bridgehead atoms. The van der Waals surface area contributed by atoms with Gasteiger partial charge in [0.15, 0.2) is 5.96 Å². The average molecular weight is 469 g/mol. The zero-order valence-corrected chi connectivity index (χ0v) is 15.8. The van der Waals surface area contributed by atoms with Gasteiger partial charge in [-0.15, -0.1) is 37.1 Å². The summed E-state index contributed by atoms with van der Waals surface area (Å²) in [6, 6.07) is 9.50. The van der Waals surface area contributed by atoms with Crippen molar-refractivity contribution in [2.45, 2.75) is 26.4 Å². The number of nitrogens with zero attached hydrogens (tertiary/aromatic N) is 1. The number of furan rings is 1. The molecule has 0 aliphatic heterocycles. The smallest absolute Gasteiger partial charge is 0.467 e. The fourth-order valence-corrected chi connectivity index (χ4v) is 1.95. The SMILES string of the molecule is CCNC(=NCc1ccccc1OC(F)(F)F)NCc1ccco1.I. The number of guanidine groups is 1. The number of benzene rings is 1. The fraction of sp³-hybridized carbons (Fsp3) is 0.312. The van der Waals surface area contributed by atoms with Crippen LogP contribution in [0.2, 0.25) is 0 Å². The van der Waals surface area contributed by atoms with Gasteiger partial charge in [0.2, 0.25) is 0 Å². The second kappa shape index (κ2) is 10.2. The summed E-state index contributed by atoms with van der Waals surface area (Å²) in [6.45, 7) is 2.97. The number of nitrogens with one attached hydrogen (secondary N) is 2. The van der Waals surface area contributed by atoms with Crippen LogP contribution in [0.25, 0.3) is 0 Å². The maximum atomic E-state index is 12.4. The van der Waals surface area contributed by atoms with Crippen molar-refractivity contribution in [2.24, 2.45) is 4.99 Å². The van der Waals surface area contributed by atoms with Crippen LogP contribution in [0.15, 0.2) is 52.1 Å². The van der Waals surface area contributed by atoms with Gasteiger partial charge < -0.3 is 19.8 Å². The van der Waals surface area contributed by atoms with Crippen molar-refractivity contribution in [1.82, 2.24) is 10.6 Å². The largest absolute Gasteiger partial charge is 0.573 e. The zero-order chi connectivity index (χ0) is 17.4. The van der Waals surface area contributed by atoms with Gasteiger partial charge >= 0.3 is 6.36 Å². The predicted octanol–water partition coefficient (Wildman–Crippen LogP) is 4.05. The molecule has 25 heavy (non-hydrogen) atoms. The Morgan fingerprint density at radius 2 is 1.92 bits per heavy atom. The lowest BCUT2D eigenvalue weighted by Gasteiger charge is -2.13. The summed E-state index contributed by atoms with van der Waals surface area (Å²) in [5.41, 5.74) is 0.338. The molecule has 0 unspecified atom stereocenters. The van der Waals surface area contributed by atoms with Gasteiger partial charge in [-0.1, -0.05) is 18.2 Å². The molecular weight excluding hydrogens is 450 g/mol. The maximum Gasteiger partial charge on any atom is 0.573 e. The highest BCUT2D eigenvalue weighted by molar-refractivity contribution is 14.0. The number of rotatable bonds is 6. The number of para-hydroxylation sites is 1. The fourth-order valence-electron chi connectivity index (χ4n) is 1.95. The lowest BCUT2D eigenvalue weighted by atomic mass is 10.2. The topological polar surface area (TPSA) is 58.8 Å². The van der Waals surface area contributed by atoms with Crippen molar-refractivity contribution < 1.29 is 22.3 Å². The van der Waals surface area contributed by atoms with Gasteiger partial charge in [-0.3, -0.25) is 0 Å². The van der Waals surface area contributed by atoms with Crippen molar-refractivity contribution in [3.05, 3.63) is 54.0 Å². The van der Waals surface area contributed by atoms with Crippen LogP contribution in [0.1, 0.15) is 18.2 Å². The van der Waals surface area contributed by atoms with E-state index in [0.717, 1.165) is 5.76 Å². The van der Waals surface area contributed by atoms with Gasteiger partial charge in [0, 0.05) is 12.1 Å². The van der Waals surface area contributed by atoms with Gasteiger partial charge in [-0.2, -0.15) is 0 Å². The van der Waals surface area contributed by atoms with Gasteiger partial charge in [-0.25, -0.2) is 4.99 Å². The minimum atomic E-state index is -4.73. The van der Waals surface area contributed by atoms with E-state index >= 15 is 0 Å². The predicted molar refractivity (Wildman–Crippen MR) is 98.9 cm³/mol. The van der Waals surface area contributed by atoms with Crippen molar-refractivity contribution >= 4 is 29.9 Å². The van der Waals surface area contributed by atoms with Gasteiger partial charge in [0.05, 0.1) is 19.4 Å². The molecule has 0 atom stereocenters. The van der Waals surface area contributed by atoms with Crippen molar-refractivity contribution in [3.8, 4) is 5.75 Å². The molecule has 0 spiro atoms. The first-order chi connectivity index (χ1) is 11.5. The molecule has 5 nitrogen and oxygen atoms in total. The Kier molecular flexibility index (Phi) is 8.59. The summed E-state index contributed by atoms with van der Waals surface area (Å²) in [7, 11) is 0. The standard InChI is InChI=1S/C16H18F3N3O2.HI/c1-2-20-15(22-11-13-7-5-9-23-13)21-10-12-6-3-4-8-14(12)24-16(17,18)19;/h3-9H,2,10-11H2,1H3,(H2,20,21,22);1H. The molecule has 138 valence electrons. The summed E-state index contributed by atoms with van der Waals surface area (Å²) in [5, 5.41) is 6.06. The lowest BCUT2D eigenvalue weighted by molar-refractivity contribution is -0.274. The average Bonchev–Trinajstić information content (AvgIpc) is 3.03. The molecule has 0 fully saturated rings. The number of aliphatic imine (C=N–C) groups is 1. The number of halogens is 4. The summed E-state index contributed by atoms with van der Waals surface area (Å²) in [4.78, 5) is 4.28. The second-order valence-electron chi connectivity index (χ2n) is 4.78. The molecule has 0 amide bonds. The monoisotopic (exact) mass is 469 g/mol. The summed E-state index contributed by atoms with van der Waals surface area (Å²) in [5.74, 6) is 0.938. The van der Waals surface area contributed by atoms with Crippen molar-refractivity contribution in [1.29, 1.82) is 0 Å². The molecule has 2 rings (SSSR count). The van der Waals surface area contributed by atoms with Gasteiger partial charge in [0.25, 0.3) is 0 Å². The van der Waals surface area contributed by atoms with Crippen LogP contribution in [0.3, 0.4) is 0 Å². The molecule has 0 aliphatic rings. The molecule has 2 aromatic rings. The molecule has 0 aliphatic carbocycles. The Morgan fingerprint density at radius 1 is 1.16 bits per heavy atom. The first-order valence-corrected chi connectivity index (χ1v) is 7.36. The van der Waals surface area contributed by atoms with E-state index in [1.165, 1.54) is 12.1 Å². The molecule has 0 saturated heterocycles. The maximum absolute atomic E-state index is 12.4. The Bertz CT molecular complexity index is 661. The Morgan fingerprint density at radius 3 is 2.56 bits per heavy atom. The molecular formula is C16H19F3IN3O2. The van der Waals surface area contributed by atoms with E-state index in [-0.39, 0.29) is 36.3 Å². The molecule has 0 radical (unpaired) electrons. The molecule has 1 aromatic carbocycles. The van der Waals surface area contributed by atoms with E-state index in [4.69, 9.17) is 4.42 Å². The third-order valence-corrected chi connectivity index (χ3v) is 2.96. The van der Waals surface area contributed by atoms with E-state index in [9.17, 15) is 13.2 Å². The van der Waals surface area contributed by atoms with E-state index in [2.05, 4.69) is 20.4 Å². The molecule has 1 aromatic heterocycles. The normalized spacial score (nSPS) is 11.6. The highest BCUT2D eigenvalue weighted by Gasteiger charge is 2.31. The first-order valence-electron chi connectivity index (χ1n) is 7.36. The van der Waals surface area contributed by atoms with Crippen LogP contribution in [0, 0.1) is 0 Å². The number of hydrogen-bond acceptors (Lipinski definition) is 3. The van der Waals surface area contributed by atoms with Gasteiger partial charge in [-0.05, 0) is 25.1 Å². The number of ether oxygens (including phenoxy) is 1. The lowest BCUT2D eigenvalue weighted by Crippen LogP contribution is -2.36. The van der Waals surface area contributed by atoms with Crippen LogP contribution in [-0.4, -0.2) is 18.9 Å².